The lowest BCUT2D eigenvalue weighted by atomic mass is 10.2. The van der Waals surface area contributed by atoms with Gasteiger partial charge in [-0.2, -0.15) is 0 Å². The highest BCUT2D eigenvalue weighted by atomic mass is 16.2. The number of amides is 1. The van der Waals surface area contributed by atoms with Crippen LogP contribution in [0.1, 0.15) is 6.92 Å². The van der Waals surface area contributed by atoms with Gasteiger partial charge in [0.15, 0.2) is 0 Å². The van der Waals surface area contributed by atoms with E-state index >= 15 is 0 Å². The van der Waals surface area contributed by atoms with Gasteiger partial charge in [-0.05, 0) is 6.92 Å². The zero-order valence-corrected chi connectivity index (χ0v) is 7.87. The number of nitrogens with zero attached hydrogens (tertiary/aromatic N) is 1. The van der Waals surface area contributed by atoms with E-state index in [1.165, 1.54) is 0 Å². The molecule has 1 amide bonds. The van der Waals surface area contributed by atoms with Gasteiger partial charge < -0.3 is 4.90 Å². The Balaban J connectivity index is 4.27. The van der Waals surface area contributed by atoms with Crippen molar-refractivity contribution in [2.24, 2.45) is 0 Å². The number of hydrogen-bond donors (Lipinski definition) is 0. The van der Waals surface area contributed by atoms with Crippen molar-refractivity contribution in [2.75, 3.05) is 14.1 Å². The van der Waals surface area contributed by atoms with Crippen LogP contribution < -0.4 is 0 Å². The van der Waals surface area contributed by atoms with E-state index in [1.54, 1.807) is 50.2 Å². The van der Waals surface area contributed by atoms with Gasteiger partial charge >= 0.3 is 0 Å². The van der Waals surface area contributed by atoms with Crippen LogP contribution in [-0.4, -0.2) is 24.9 Å². The zero-order valence-electron chi connectivity index (χ0n) is 7.87. The van der Waals surface area contributed by atoms with Crippen LogP contribution in [0.3, 0.4) is 0 Å². The number of hydrogen-bond acceptors (Lipinski definition) is 1. The molecule has 0 fully saturated rings. The molecule has 0 saturated carbocycles. The van der Waals surface area contributed by atoms with E-state index in [4.69, 9.17) is 0 Å². The quantitative estimate of drug-likeness (QED) is 0.461. The SMILES string of the molecule is C=CC=CC=C(C)C(=O)N(C)C. The molecule has 0 aliphatic carbocycles. The smallest absolute Gasteiger partial charge is 0.248 e. The van der Waals surface area contributed by atoms with Crippen LogP contribution in [0, 0.1) is 0 Å². The molecule has 0 rings (SSSR count). The molecule has 0 aromatic rings. The highest BCUT2D eigenvalue weighted by molar-refractivity contribution is 5.92. The monoisotopic (exact) mass is 165 g/mol. The third kappa shape index (κ3) is 3.76. The van der Waals surface area contributed by atoms with Gasteiger partial charge in [0.1, 0.15) is 0 Å². The molecule has 0 aromatic carbocycles. The van der Waals surface area contributed by atoms with Gasteiger partial charge in [0.2, 0.25) is 5.91 Å². The molecule has 0 aliphatic heterocycles. The maximum absolute atomic E-state index is 11.2. The first-order valence-electron chi connectivity index (χ1n) is 3.77. The molecule has 2 nitrogen and oxygen atoms in total. The zero-order chi connectivity index (χ0) is 9.56. The Hall–Kier alpha value is -1.31. The van der Waals surface area contributed by atoms with Crippen LogP contribution in [-0.2, 0) is 4.79 Å². The molecular weight excluding hydrogens is 150 g/mol. The predicted octanol–water partition coefficient (Wildman–Crippen LogP) is 1.76. The predicted molar refractivity (Wildman–Crippen MR) is 51.8 cm³/mol. The summed E-state index contributed by atoms with van der Waals surface area (Å²) in [4.78, 5) is 12.8. The second-order valence-electron chi connectivity index (χ2n) is 2.67. The summed E-state index contributed by atoms with van der Waals surface area (Å²) in [5.41, 5.74) is 0.720. The Morgan fingerprint density at radius 3 is 2.33 bits per heavy atom. The average molecular weight is 165 g/mol. The van der Waals surface area contributed by atoms with Crippen molar-refractivity contribution in [1.82, 2.24) is 4.90 Å². The van der Waals surface area contributed by atoms with Crippen molar-refractivity contribution in [3.63, 3.8) is 0 Å². The number of carbonyl (C=O) groups excluding carboxylic acids is 1. The molecular formula is C10H15NO. The van der Waals surface area contributed by atoms with Crippen molar-refractivity contribution in [3.8, 4) is 0 Å². The summed E-state index contributed by atoms with van der Waals surface area (Å²) < 4.78 is 0. The first kappa shape index (κ1) is 10.7. The van der Waals surface area contributed by atoms with Crippen LogP contribution in [0.2, 0.25) is 0 Å². The van der Waals surface area contributed by atoms with Crippen molar-refractivity contribution >= 4 is 5.91 Å². The summed E-state index contributed by atoms with van der Waals surface area (Å²) in [6, 6.07) is 0. The van der Waals surface area contributed by atoms with Crippen LogP contribution in [0.25, 0.3) is 0 Å². The maximum Gasteiger partial charge on any atom is 0.248 e. The van der Waals surface area contributed by atoms with Crippen LogP contribution in [0.15, 0.2) is 36.5 Å². The normalized spacial score (nSPS) is 11.8. The fourth-order valence-electron chi connectivity index (χ4n) is 0.702. The summed E-state index contributed by atoms with van der Waals surface area (Å²) in [6.07, 6.45) is 7.02. The van der Waals surface area contributed by atoms with E-state index in [0.717, 1.165) is 5.57 Å². The van der Waals surface area contributed by atoms with E-state index in [-0.39, 0.29) is 5.91 Å². The Bertz CT molecular complexity index is 224. The number of carbonyl (C=O) groups is 1. The van der Waals surface area contributed by atoms with E-state index in [1.807, 2.05) is 0 Å². The van der Waals surface area contributed by atoms with Crippen LogP contribution >= 0.6 is 0 Å². The molecule has 2 heteroatoms. The minimum absolute atomic E-state index is 0.0312. The second kappa shape index (κ2) is 5.35. The van der Waals surface area contributed by atoms with Crippen molar-refractivity contribution < 1.29 is 4.79 Å². The summed E-state index contributed by atoms with van der Waals surface area (Å²) in [6.45, 7) is 5.31. The lowest BCUT2D eigenvalue weighted by Crippen LogP contribution is -2.22. The number of allylic oxidation sites excluding steroid dienone is 4. The molecule has 0 atom stereocenters. The largest absolute Gasteiger partial charge is 0.345 e. The molecule has 0 spiro atoms. The van der Waals surface area contributed by atoms with Crippen molar-refractivity contribution in [2.45, 2.75) is 6.92 Å². The van der Waals surface area contributed by atoms with Gasteiger partial charge in [-0.25, -0.2) is 0 Å². The van der Waals surface area contributed by atoms with E-state index in [2.05, 4.69) is 6.58 Å². The molecule has 0 saturated heterocycles. The van der Waals surface area contributed by atoms with Crippen molar-refractivity contribution in [1.29, 1.82) is 0 Å². The minimum atomic E-state index is 0.0312. The summed E-state index contributed by atoms with van der Waals surface area (Å²) in [7, 11) is 3.47. The summed E-state index contributed by atoms with van der Waals surface area (Å²) in [5.74, 6) is 0.0312. The molecule has 0 N–H and O–H groups in total. The molecule has 66 valence electrons. The molecule has 0 aliphatic rings. The van der Waals surface area contributed by atoms with Crippen LogP contribution in [0.5, 0.6) is 0 Å². The van der Waals surface area contributed by atoms with E-state index in [9.17, 15) is 4.79 Å². The number of likely N-dealkylation sites (N-methyl/N-ethyl adjacent to an activating group) is 1. The highest BCUT2D eigenvalue weighted by Crippen LogP contribution is 1.97. The second-order valence-corrected chi connectivity index (χ2v) is 2.67. The Morgan fingerprint density at radius 2 is 1.92 bits per heavy atom. The van der Waals surface area contributed by atoms with Crippen LogP contribution in [0.4, 0.5) is 0 Å². The molecule has 0 aromatic heterocycles. The van der Waals surface area contributed by atoms with E-state index < -0.39 is 0 Å². The first-order valence-corrected chi connectivity index (χ1v) is 3.77. The van der Waals surface area contributed by atoms with Gasteiger partial charge in [0.05, 0.1) is 0 Å². The Kier molecular flexibility index (Phi) is 4.77. The van der Waals surface area contributed by atoms with Gasteiger partial charge in [-0.15, -0.1) is 0 Å². The minimum Gasteiger partial charge on any atom is -0.345 e. The van der Waals surface area contributed by atoms with Gasteiger partial charge in [0, 0.05) is 19.7 Å². The number of rotatable bonds is 3. The molecule has 12 heavy (non-hydrogen) atoms. The molecule has 0 bridgehead atoms. The van der Waals surface area contributed by atoms with Gasteiger partial charge in [0.25, 0.3) is 0 Å². The molecule has 0 radical (unpaired) electrons. The van der Waals surface area contributed by atoms with Gasteiger partial charge in [-0.1, -0.05) is 30.9 Å². The Labute approximate surface area is 73.9 Å². The fourth-order valence-corrected chi connectivity index (χ4v) is 0.702. The maximum atomic E-state index is 11.2. The van der Waals surface area contributed by atoms with Gasteiger partial charge in [-0.3, -0.25) is 4.79 Å². The fraction of sp³-hybridized carbons (Fsp3) is 0.300. The third-order valence-electron chi connectivity index (χ3n) is 1.34. The topological polar surface area (TPSA) is 20.3 Å². The molecule has 0 unspecified atom stereocenters. The molecule has 0 heterocycles. The van der Waals surface area contributed by atoms with Crippen molar-refractivity contribution in [3.05, 3.63) is 36.5 Å². The lowest BCUT2D eigenvalue weighted by Gasteiger charge is -2.09. The first-order chi connectivity index (χ1) is 5.59. The standard InChI is InChI=1S/C10H15NO/c1-5-6-7-8-9(2)10(12)11(3)4/h5-8H,1H2,2-4H3. The Morgan fingerprint density at radius 1 is 1.33 bits per heavy atom. The third-order valence-corrected chi connectivity index (χ3v) is 1.34. The lowest BCUT2D eigenvalue weighted by molar-refractivity contribution is -0.124. The van der Waals surface area contributed by atoms with E-state index in [0.29, 0.717) is 0 Å². The average Bonchev–Trinajstić information content (AvgIpc) is 2.03. The summed E-state index contributed by atoms with van der Waals surface area (Å²) >= 11 is 0. The summed E-state index contributed by atoms with van der Waals surface area (Å²) in [5, 5.41) is 0. The highest BCUT2D eigenvalue weighted by Gasteiger charge is 2.03.